The number of hydrogen-bond acceptors (Lipinski definition) is 2. The smallest absolute Gasteiger partial charge is 0.0948 e. The summed E-state index contributed by atoms with van der Waals surface area (Å²) in [6, 6.07) is 0.778. The van der Waals surface area contributed by atoms with Crippen LogP contribution >= 0.6 is 0 Å². The molecule has 1 saturated heterocycles. The number of nitrogens with zero attached hydrogens (tertiary/aromatic N) is 3. The fraction of sp³-hybridized carbons (Fsp3) is 0.750. The van der Waals surface area contributed by atoms with Crippen LogP contribution in [-0.4, -0.2) is 34.1 Å². The van der Waals surface area contributed by atoms with Gasteiger partial charge in [0.2, 0.25) is 0 Å². The first-order valence-electron chi connectivity index (χ1n) is 5.94. The first-order chi connectivity index (χ1) is 7.27. The summed E-state index contributed by atoms with van der Waals surface area (Å²) in [7, 11) is 2.25. The largest absolute Gasteiger partial charge is 0.335 e. The van der Waals surface area contributed by atoms with Crippen molar-refractivity contribution < 1.29 is 0 Å². The number of aromatic nitrogens is 2. The summed E-state index contributed by atoms with van der Waals surface area (Å²) in [5, 5.41) is 0. The molecule has 0 amide bonds. The van der Waals surface area contributed by atoms with E-state index in [-0.39, 0.29) is 0 Å². The summed E-state index contributed by atoms with van der Waals surface area (Å²) in [4.78, 5) is 6.66. The van der Waals surface area contributed by atoms with Crippen molar-refractivity contribution >= 4 is 0 Å². The van der Waals surface area contributed by atoms with Crippen molar-refractivity contribution in [2.45, 2.75) is 45.2 Å². The van der Waals surface area contributed by atoms with Crippen LogP contribution in [0.1, 0.15) is 31.4 Å². The number of piperidine rings is 1. The van der Waals surface area contributed by atoms with Crippen LogP contribution in [0.5, 0.6) is 0 Å². The average Bonchev–Trinajstić information content (AvgIpc) is 2.63. The molecule has 15 heavy (non-hydrogen) atoms. The number of rotatable bonds is 3. The molecule has 1 unspecified atom stereocenters. The zero-order valence-electron chi connectivity index (χ0n) is 9.82. The lowest BCUT2D eigenvalue weighted by atomic mass is 10.0. The molecule has 1 aliphatic rings. The van der Waals surface area contributed by atoms with Gasteiger partial charge in [-0.15, -0.1) is 0 Å². The second-order valence-electron chi connectivity index (χ2n) is 4.65. The lowest BCUT2D eigenvalue weighted by Gasteiger charge is -2.32. The Labute approximate surface area is 92.1 Å². The molecule has 1 aromatic rings. The van der Waals surface area contributed by atoms with Crippen LogP contribution < -0.4 is 0 Å². The van der Waals surface area contributed by atoms with Crippen molar-refractivity contribution in [3.05, 3.63) is 18.2 Å². The van der Waals surface area contributed by atoms with Crippen LogP contribution in [0.25, 0.3) is 0 Å². The molecule has 0 radical (unpaired) electrons. The van der Waals surface area contributed by atoms with E-state index in [0.29, 0.717) is 0 Å². The van der Waals surface area contributed by atoms with Gasteiger partial charge in [0, 0.05) is 24.5 Å². The van der Waals surface area contributed by atoms with Gasteiger partial charge in [-0.1, -0.05) is 6.42 Å². The first kappa shape index (κ1) is 10.7. The van der Waals surface area contributed by atoms with Crippen molar-refractivity contribution in [2.24, 2.45) is 0 Å². The van der Waals surface area contributed by atoms with E-state index in [2.05, 4.69) is 28.4 Å². The summed E-state index contributed by atoms with van der Waals surface area (Å²) < 4.78 is 2.25. The molecule has 0 spiro atoms. The van der Waals surface area contributed by atoms with Crippen molar-refractivity contribution in [1.29, 1.82) is 0 Å². The standard InChI is InChI=1S/C12H21N3/c1-11-9-13-10-15(11)8-6-12-5-3-4-7-14(12)2/h9-10,12H,3-8H2,1-2H3. The first-order valence-corrected chi connectivity index (χ1v) is 5.94. The Hall–Kier alpha value is -0.830. The normalized spacial score (nSPS) is 23.2. The van der Waals surface area contributed by atoms with E-state index in [0.717, 1.165) is 12.6 Å². The van der Waals surface area contributed by atoms with Crippen molar-refractivity contribution in [2.75, 3.05) is 13.6 Å². The lowest BCUT2D eigenvalue weighted by Crippen LogP contribution is -2.36. The summed E-state index contributed by atoms with van der Waals surface area (Å²) in [6.07, 6.45) is 9.27. The van der Waals surface area contributed by atoms with Crippen LogP contribution in [0.15, 0.2) is 12.5 Å². The van der Waals surface area contributed by atoms with E-state index >= 15 is 0 Å². The van der Waals surface area contributed by atoms with E-state index in [1.807, 2.05) is 12.5 Å². The molecule has 0 saturated carbocycles. The molecular formula is C12H21N3. The minimum absolute atomic E-state index is 0.778. The van der Waals surface area contributed by atoms with Gasteiger partial charge in [0.05, 0.1) is 6.33 Å². The number of likely N-dealkylation sites (tertiary alicyclic amines) is 1. The van der Waals surface area contributed by atoms with Gasteiger partial charge < -0.3 is 9.47 Å². The van der Waals surface area contributed by atoms with Gasteiger partial charge in [-0.25, -0.2) is 4.98 Å². The zero-order chi connectivity index (χ0) is 10.7. The molecule has 0 aromatic carbocycles. The highest BCUT2D eigenvalue weighted by molar-refractivity contribution is 4.94. The van der Waals surface area contributed by atoms with Gasteiger partial charge >= 0.3 is 0 Å². The predicted molar refractivity (Wildman–Crippen MR) is 61.9 cm³/mol. The molecule has 1 aromatic heterocycles. The maximum absolute atomic E-state index is 4.15. The maximum Gasteiger partial charge on any atom is 0.0948 e. The van der Waals surface area contributed by atoms with Crippen LogP contribution in [-0.2, 0) is 6.54 Å². The summed E-state index contributed by atoms with van der Waals surface area (Å²) in [6.45, 7) is 4.51. The SMILES string of the molecule is Cc1cncn1CCC1CCCCN1C. The quantitative estimate of drug-likeness (QED) is 0.756. The van der Waals surface area contributed by atoms with Gasteiger partial charge in [-0.05, 0) is 39.8 Å². The number of imidazole rings is 1. The van der Waals surface area contributed by atoms with Crippen molar-refractivity contribution in [1.82, 2.24) is 14.5 Å². The minimum atomic E-state index is 0.778. The predicted octanol–water partition coefficient (Wildman–Crippen LogP) is 2.07. The van der Waals surface area contributed by atoms with Crippen LogP contribution in [0.4, 0.5) is 0 Å². The number of aryl methyl sites for hydroxylation is 2. The third-order valence-electron chi connectivity index (χ3n) is 3.55. The summed E-state index contributed by atoms with van der Waals surface area (Å²) in [5.41, 5.74) is 1.27. The van der Waals surface area contributed by atoms with Crippen molar-refractivity contribution in [3.63, 3.8) is 0 Å². The molecule has 1 atom stereocenters. The molecule has 84 valence electrons. The van der Waals surface area contributed by atoms with E-state index in [1.54, 1.807) is 0 Å². The minimum Gasteiger partial charge on any atom is -0.335 e. The van der Waals surface area contributed by atoms with Gasteiger partial charge in [-0.3, -0.25) is 0 Å². The summed E-state index contributed by atoms with van der Waals surface area (Å²) >= 11 is 0. The van der Waals surface area contributed by atoms with Gasteiger partial charge in [-0.2, -0.15) is 0 Å². The highest BCUT2D eigenvalue weighted by atomic mass is 15.1. The second kappa shape index (κ2) is 4.79. The van der Waals surface area contributed by atoms with Crippen LogP contribution in [0, 0.1) is 6.92 Å². The zero-order valence-corrected chi connectivity index (χ0v) is 9.82. The molecule has 2 rings (SSSR count). The van der Waals surface area contributed by atoms with Crippen molar-refractivity contribution in [3.8, 4) is 0 Å². The molecule has 0 aliphatic carbocycles. The van der Waals surface area contributed by atoms with E-state index in [4.69, 9.17) is 0 Å². The topological polar surface area (TPSA) is 21.1 Å². The van der Waals surface area contributed by atoms with Gasteiger partial charge in [0.25, 0.3) is 0 Å². The molecule has 2 heterocycles. The maximum atomic E-state index is 4.15. The Morgan fingerprint density at radius 1 is 1.47 bits per heavy atom. The second-order valence-corrected chi connectivity index (χ2v) is 4.65. The Kier molecular flexibility index (Phi) is 3.41. The Morgan fingerprint density at radius 2 is 2.33 bits per heavy atom. The molecular weight excluding hydrogens is 186 g/mol. The third kappa shape index (κ3) is 2.59. The molecule has 1 aliphatic heterocycles. The highest BCUT2D eigenvalue weighted by Gasteiger charge is 2.18. The fourth-order valence-corrected chi connectivity index (χ4v) is 2.42. The Morgan fingerprint density at radius 3 is 3.00 bits per heavy atom. The van der Waals surface area contributed by atoms with Gasteiger partial charge in [0.15, 0.2) is 0 Å². The lowest BCUT2D eigenvalue weighted by molar-refractivity contribution is 0.171. The van der Waals surface area contributed by atoms with Gasteiger partial charge in [0.1, 0.15) is 0 Å². The Bertz CT molecular complexity index is 306. The molecule has 0 bridgehead atoms. The average molecular weight is 207 g/mol. The van der Waals surface area contributed by atoms with E-state index in [9.17, 15) is 0 Å². The summed E-state index contributed by atoms with van der Waals surface area (Å²) in [5.74, 6) is 0. The molecule has 3 heteroatoms. The monoisotopic (exact) mass is 207 g/mol. The highest BCUT2D eigenvalue weighted by Crippen LogP contribution is 2.18. The molecule has 3 nitrogen and oxygen atoms in total. The molecule has 1 fully saturated rings. The molecule has 0 N–H and O–H groups in total. The van der Waals surface area contributed by atoms with E-state index < -0.39 is 0 Å². The fourth-order valence-electron chi connectivity index (χ4n) is 2.42. The Balaban J connectivity index is 1.84. The third-order valence-corrected chi connectivity index (χ3v) is 3.55. The van der Waals surface area contributed by atoms with E-state index in [1.165, 1.54) is 37.9 Å². The van der Waals surface area contributed by atoms with Crippen LogP contribution in [0.2, 0.25) is 0 Å². The van der Waals surface area contributed by atoms with Crippen LogP contribution in [0.3, 0.4) is 0 Å². The number of hydrogen-bond donors (Lipinski definition) is 0.